The summed E-state index contributed by atoms with van der Waals surface area (Å²) in [5, 5.41) is 13.2. The molecule has 1 fully saturated rings. The molecule has 0 bridgehead atoms. The van der Waals surface area contributed by atoms with Crippen LogP contribution in [0.5, 0.6) is 5.75 Å². The van der Waals surface area contributed by atoms with Crippen LogP contribution < -0.4 is 15.8 Å². The van der Waals surface area contributed by atoms with Crippen LogP contribution in [0.2, 0.25) is 0 Å². The number of pyridine rings is 1. The molecule has 2 aromatic heterocycles. The standard InChI is InChI=1S/C22H24F3N5O4/c1-33-14-6-4-13(12-5-7-16(22(23,24)25)28-18(12)14)21-29-19(15(10-26)34-21)20(32)27-11-17(31)30-8-2-3-9-30/h4-7,17,31H,2-3,8-11,26H2,1H3,(H,27,32). The van der Waals surface area contributed by atoms with E-state index in [1.54, 1.807) is 6.07 Å². The van der Waals surface area contributed by atoms with Crippen molar-refractivity contribution in [1.82, 2.24) is 20.2 Å². The smallest absolute Gasteiger partial charge is 0.433 e. The van der Waals surface area contributed by atoms with Gasteiger partial charge < -0.3 is 25.3 Å². The summed E-state index contributed by atoms with van der Waals surface area (Å²) in [6.45, 7) is 1.39. The number of amides is 1. The average molecular weight is 479 g/mol. The molecule has 0 aliphatic carbocycles. The Bertz CT molecular complexity index is 1190. The van der Waals surface area contributed by atoms with Crippen LogP contribution in [0.25, 0.3) is 22.4 Å². The zero-order valence-corrected chi connectivity index (χ0v) is 18.4. The van der Waals surface area contributed by atoms with Crippen LogP contribution in [-0.2, 0) is 12.7 Å². The molecular formula is C22H24F3N5O4. The first-order valence-corrected chi connectivity index (χ1v) is 10.7. The number of alkyl halides is 3. The van der Waals surface area contributed by atoms with Gasteiger partial charge in [0.05, 0.1) is 20.2 Å². The highest BCUT2D eigenvalue weighted by Gasteiger charge is 2.33. The average Bonchev–Trinajstić information content (AvgIpc) is 3.51. The van der Waals surface area contributed by atoms with E-state index in [2.05, 4.69) is 15.3 Å². The van der Waals surface area contributed by atoms with Crippen LogP contribution >= 0.6 is 0 Å². The number of aliphatic hydroxyl groups is 1. The molecule has 4 rings (SSSR count). The molecule has 3 aromatic rings. The number of likely N-dealkylation sites (tertiary alicyclic amines) is 1. The van der Waals surface area contributed by atoms with Crippen molar-refractivity contribution in [2.75, 3.05) is 26.7 Å². The van der Waals surface area contributed by atoms with E-state index in [9.17, 15) is 23.1 Å². The first-order chi connectivity index (χ1) is 16.2. The van der Waals surface area contributed by atoms with E-state index in [0.717, 1.165) is 32.0 Å². The molecule has 0 spiro atoms. The summed E-state index contributed by atoms with van der Waals surface area (Å²) in [5.74, 6) is -0.333. The molecule has 1 aromatic carbocycles. The van der Waals surface area contributed by atoms with Gasteiger partial charge >= 0.3 is 6.18 Å². The minimum Gasteiger partial charge on any atom is -0.494 e. The Morgan fingerprint density at radius 3 is 2.65 bits per heavy atom. The van der Waals surface area contributed by atoms with Crippen LogP contribution in [-0.4, -0.2) is 58.9 Å². The highest BCUT2D eigenvalue weighted by molar-refractivity contribution is 5.98. The zero-order valence-electron chi connectivity index (χ0n) is 18.4. The van der Waals surface area contributed by atoms with Crippen molar-refractivity contribution in [1.29, 1.82) is 0 Å². The molecule has 1 aliphatic rings. The highest BCUT2D eigenvalue weighted by Crippen LogP contribution is 2.36. The van der Waals surface area contributed by atoms with Gasteiger partial charge in [0.1, 0.15) is 23.2 Å². The molecule has 0 saturated carbocycles. The topological polar surface area (TPSA) is 127 Å². The number of carbonyl (C=O) groups is 1. The van der Waals surface area contributed by atoms with Crippen molar-refractivity contribution in [3.8, 4) is 17.2 Å². The molecule has 0 radical (unpaired) electrons. The van der Waals surface area contributed by atoms with E-state index < -0.39 is 24.0 Å². The van der Waals surface area contributed by atoms with Gasteiger partial charge in [-0.15, -0.1) is 0 Å². The third-order valence-electron chi connectivity index (χ3n) is 5.67. The van der Waals surface area contributed by atoms with Crippen molar-refractivity contribution in [3.63, 3.8) is 0 Å². The van der Waals surface area contributed by atoms with Crippen LogP contribution in [0.1, 0.15) is 34.8 Å². The Balaban J connectivity index is 1.66. The van der Waals surface area contributed by atoms with Crippen molar-refractivity contribution in [3.05, 3.63) is 41.4 Å². The fraction of sp³-hybridized carbons (Fsp3) is 0.409. The largest absolute Gasteiger partial charge is 0.494 e. The number of fused-ring (bicyclic) bond motifs is 1. The number of benzene rings is 1. The number of hydrogen-bond donors (Lipinski definition) is 3. The van der Waals surface area contributed by atoms with Crippen LogP contribution in [0, 0.1) is 0 Å². The van der Waals surface area contributed by atoms with Gasteiger partial charge in [0.25, 0.3) is 5.91 Å². The fourth-order valence-corrected chi connectivity index (χ4v) is 3.92. The predicted octanol–water partition coefficient (Wildman–Crippen LogP) is 2.52. The van der Waals surface area contributed by atoms with Gasteiger partial charge in [-0.1, -0.05) is 0 Å². The van der Waals surface area contributed by atoms with E-state index in [-0.39, 0.29) is 41.7 Å². The quantitative estimate of drug-likeness (QED) is 0.472. The summed E-state index contributed by atoms with van der Waals surface area (Å²) >= 11 is 0. The monoisotopic (exact) mass is 479 g/mol. The van der Waals surface area contributed by atoms with Crippen molar-refractivity contribution in [2.45, 2.75) is 31.8 Å². The number of halogens is 3. The first kappa shape index (κ1) is 23.9. The molecule has 1 saturated heterocycles. The Morgan fingerprint density at radius 2 is 2.00 bits per heavy atom. The lowest BCUT2D eigenvalue weighted by molar-refractivity contribution is -0.140. The third-order valence-corrected chi connectivity index (χ3v) is 5.67. The minimum absolute atomic E-state index is 0.0000897. The number of aliphatic hydroxyl groups excluding tert-OH is 1. The molecular weight excluding hydrogens is 455 g/mol. The van der Waals surface area contributed by atoms with Crippen molar-refractivity contribution >= 4 is 16.8 Å². The fourth-order valence-electron chi connectivity index (χ4n) is 3.92. The van der Waals surface area contributed by atoms with Gasteiger partial charge in [-0.3, -0.25) is 9.69 Å². The lowest BCUT2D eigenvalue weighted by Crippen LogP contribution is -2.42. The number of hydrogen-bond acceptors (Lipinski definition) is 8. The van der Waals surface area contributed by atoms with E-state index in [1.165, 1.54) is 19.2 Å². The second-order valence-corrected chi connectivity index (χ2v) is 7.83. The Labute approximate surface area is 192 Å². The highest BCUT2D eigenvalue weighted by atomic mass is 19.4. The maximum absolute atomic E-state index is 13.2. The summed E-state index contributed by atoms with van der Waals surface area (Å²) in [6.07, 6.45) is -3.47. The second-order valence-electron chi connectivity index (χ2n) is 7.83. The van der Waals surface area contributed by atoms with Crippen LogP contribution in [0.4, 0.5) is 13.2 Å². The van der Waals surface area contributed by atoms with Gasteiger partial charge in [-0.25, -0.2) is 9.97 Å². The number of ether oxygens (including phenoxy) is 1. The summed E-state index contributed by atoms with van der Waals surface area (Å²) in [6, 6.07) is 5.11. The summed E-state index contributed by atoms with van der Waals surface area (Å²) < 4.78 is 50.4. The number of nitrogens with zero attached hydrogens (tertiary/aromatic N) is 3. The number of nitrogens with one attached hydrogen (secondary N) is 1. The Kier molecular flexibility index (Phi) is 6.73. The maximum Gasteiger partial charge on any atom is 0.433 e. The molecule has 1 amide bonds. The number of aromatic nitrogens is 2. The summed E-state index contributed by atoms with van der Waals surface area (Å²) in [5.41, 5.74) is 4.90. The van der Waals surface area contributed by atoms with Gasteiger partial charge in [0, 0.05) is 24.0 Å². The minimum atomic E-state index is -4.63. The number of oxazole rings is 1. The van der Waals surface area contributed by atoms with E-state index in [4.69, 9.17) is 14.9 Å². The molecule has 9 nitrogen and oxygen atoms in total. The molecule has 1 aliphatic heterocycles. The lowest BCUT2D eigenvalue weighted by atomic mass is 10.1. The molecule has 34 heavy (non-hydrogen) atoms. The summed E-state index contributed by atoms with van der Waals surface area (Å²) in [4.78, 5) is 22.6. The first-order valence-electron chi connectivity index (χ1n) is 10.7. The van der Waals surface area contributed by atoms with Gasteiger partial charge in [-0.2, -0.15) is 13.2 Å². The molecule has 4 N–H and O–H groups in total. The molecule has 1 unspecified atom stereocenters. The normalized spacial score (nSPS) is 15.6. The lowest BCUT2D eigenvalue weighted by Gasteiger charge is -2.22. The molecule has 182 valence electrons. The van der Waals surface area contributed by atoms with Crippen LogP contribution in [0.15, 0.2) is 28.7 Å². The van der Waals surface area contributed by atoms with E-state index in [1.807, 2.05) is 4.90 Å². The number of rotatable bonds is 7. The van der Waals surface area contributed by atoms with Crippen molar-refractivity contribution in [2.24, 2.45) is 5.73 Å². The third kappa shape index (κ3) is 4.69. The second kappa shape index (κ2) is 9.57. The van der Waals surface area contributed by atoms with Crippen molar-refractivity contribution < 1.29 is 32.2 Å². The maximum atomic E-state index is 13.2. The van der Waals surface area contributed by atoms with Gasteiger partial charge in [-0.05, 0) is 37.1 Å². The summed E-state index contributed by atoms with van der Waals surface area (Å²) in [7, 11) is 1.33. The number of methoxy groups -OCH3 is 1. The van der Waals surface area contributed by atoms with Gasteiger partial charge in [0.2, 0.25) is 5.89 Å². The van der Waals surface area contributed by atoms with E-state index >= 15 is 0 Å². The SMILES string of the molecule is COc1ccc(-c2nc(C(=O)NCC(O)N3CCCC3)c(CN)o2)c2ccc(C(F)(F)F)nc12. The Hall–Kier alpha value is -3.22. The molecule has 3 heterocycles. The van der Waals surface area contributed by atoms with E-state index in [0.29, 0.717) is 10.9 Å². The van der Waals surface area contributed by atoms with Crippen LogP contribution in [0.3, 0.4) is 0 Å². The predicted molar refractivity (Wildman–Crippen MR) is 116 cm³/mol. The number of nitrogens with two attached hydrogens (primary N) is 1. The van der Waals surface area contributed by atoms with Gasteiger partial charge in [0.15, 0.2) is 11.5 Å². The molecule has 12 heteroatoms. The molecule has 1 atom stereocenters. The Morgan fingerprint density at radius 1 is 1.26 bits per heavy atom. The zero-order chi connectivity index (χ0) is 24.5. The number of carbonyl (C=O) groups excluding carboxylic acids is 1.